The van der Waals surface area contributed by atoms with Gasteiger partial charge in [-0.25, -0.2) is 4.98 Å². The molecule has 2 saturated carbocycles. The van der Waals surface area contributed by atoms with Crippen molar-refractivity contribution in [2.45, 2.75) is 82.1 Å². The number of aromatic nitrogens is 2. The zero-order chi connectivity index (χ0) is 19.4. The third-order valence-corrected chi connectivity index (χ3v) is 5.82. The van der Waals surface area contributed by atoms with E-state index in [1.165, 1.54) is 6.20 Å². The van der Waals surface area contributed by atoms with E-state index in [1.54, 1.807) is 7.11 Å². The number of ether oxygens (including phenoxy) is 1. The van der Waals surface area contributed by atoms with Crippen molar-refractivity contribution < 1.29 is 14.6 Å². The molecular weight excluding hydrogens is 346 g/mol. The van der Waals surface area contributed by atoms with E-state index >= 15 is 0 Å². The molecule has 2 aliphatic carbocycles. The Bertz CT molecular complexity index is 661. The lowest BCUT2D eigenvalue weighted by Gasteiger charge is -2.37. The molecule has 2 fully saturated rings. The highest BCUT2D eigenvalue weighted by atomic mass is 16.5. The summed E-state index contributed by atoms with van der Waals surface area (Å²) in [6.45, 7) is 2.16. The Morgan fingerprint density at radius 3 is 2.70 bits per heavy atom. The van der Waals surface area contributed by atoms with Crippen LogP contribution >= 0.6 is 0 Å². The van der Waals surface area contributed by atoms with Gasteiger partial charge in [0.05, 0.1) is 17.8 Å². The molecular formula is C19H31N5O3. The molecule has 2 aliphatic rings. The van der Waals surface area contributed by atoms with Gasteiger partial charge in [0.1, 0.15) is 5.82 Å². The summed E-state index contributed by atoms with van der Waals surface area (Å²) >= 11 is 0. The Balaban J connectivity index is 1.74. The maximum atomic E-state index is 11.8. The van der Waals surface area contributed by atoms with Gasteiger partial charge in [0, 0.05) is 24.9 Å². The van der Waals surface area contributed by atoms with E-state index in [1.807, 2.05) is 0 Å². The van der Waals surface area contributed by atoms with Crippen molar-refractivity contribution in [3.05, 3.63) is 11.8 Å². The first-order valence-corrected chi connectivity index (χ1v) is 9.81. The smallest absolute Gasteiger partial charge is 0.254 e. The minimum atomic E-state index is -0.563. The number of methoxy groups -OCH3 is 1. The van der Waals surface area contributed by atoms with Crippen LogP contribution in [0.3, 0.4) is 0 Å². The van der Waals surface area contributed by atoms with E-state index in [0.29, 0.717) is 24.3 Å². The van der Waals surface area contributed by atoms with Crippen molar-refractivity contribution in [3.63, 3.8) is 0 Å². The van der Waals surface area contributed by atoms with Crippen LogP contribution in [0.4, 0.5) is 11.8 Å². The number of aliphatic hydroxyl groups is 1. The zero-order valence-corrected chi connectivity index (χ0v) is 16.2. The Morgan fingerprint density at radius 1 is 1.33 bits per heavy atom. The van der Waals surface area contributed by atoms with Crippen LogP contribution in [-0.2, 0) is 4.74 Å². The van der Waals surface area contributed by atoms with E-state index in [0.717, 1.165) is 44.9 Å². The molecule has 0 spiro atoms. The molecule has 1 aromatic rings. The van der Waals surface area contributed by atoms with Gasteiger partial charge in [0.25, 0.3) is 5.91 Å². The molecule has 0 bridgehead atoms. The fourth-order valence-electron chi connectivity index (χ4n) is 4.08. The Hall–Kier alpha value is -1.93. The Morgan fingerprint density at radius 2 is 2.07 bits per heavy atom. The zero-order valence-electron chi connectivity index (χ0n) is 16.2. The number of carbonyl (C=O) groups excluding carboxylic acids is 1. The lowest BCUT2D eigenvalue weighted by atomic mass is 9.82. The van der Waals surface area contributed by atoms with Crippen LogP contribution in [0.5, 0.6) is 0 Å². The molecule has 1 aromatic heterocycles. The van der Waals surface area contributed by atoms with Crippen molar-refractivity contribution in [2.75, 3.05) is 17.7 Å². The van der Waals surface area contributed by atoms with E-state index in [9.17, 15) is 9.90 Å². The molecule has 8 heteroatoms. The lowest BCUT2D eigenvalue weighted by Crippen LogP contribution is -2.41. The predicted octanol–water partition coefficient (Wildman–Crippen LogP) is 2.05. The van der Waals surface area contributed by atoms with Crippen LogP contribution < -0.4 is 16.4 Å². The number of hydrogen-bond acceptors (Lipinski definition) is 7. The molecule has 3 rings (SSSR count). The van der Waals surface area contributed by atoms with Crippen molar-refractivity contribution in [1.82, 2.24) is 9.97 Å². The van der Waals surface area contributed by atoms with E-state index in [2.05, 4.69) is 27.5 Å². The van der Waals surface area contributed by atoms with Crippen LogP contribution in [0.2, 0.25) is 0 Å². The molecule has 5 N–H and O–H groups in total. The molecule has 0 aromatic carbocycles. The van der Waals surface area contributed by atoms with Gasteiger partial charge < -0.3 is 26.2 Å². The van der Waals surface area contributed by atoms with E-state index < -0.39 is 5.91 Å². The van der Waals surface area contributed by atoms with Crippen LogP contribution in [-0.4, -0.2) is 51.9 Å². The minimum absolute atomic E-state index is 0.0716. The Labute approximate surface area is 160 Å². The van der Waals surface area contributed by atoms with Gasteiger partial charge in [0.15, 0.2) is 0 Å². The average Bonchev–Trinajstić information content (AvgIpc) is 2.62. The van der Waals surface area contributed by atoms with Crippen molar-refractivity contribution >= 4 is 17.7 Å². The number of anilines is 2. The van der Waals surface area contributed by atoms with Gasteiger partial charge in [-0.15, -0.1) is 0 Å². The second kappa shape index (κ2) is 8.39. The molecule has 1 amide bonds. The molecule has 1 heterocycles. The summed E-state index contributed by atoms with van der Waals surface area (Å²) in [7, 11) is 1.76. The third kappa shape index (κ3) is 5.07. The summed E-state index contributed by atoms with van der Waals surface area (Å²) in [5.41, 5.74) is 5.66. The van der Waals surface area contributed by atoms with Crippen LogP contribution in [0.25, 0.3) is 0 Å². The summed E-state index contributed by atoms with van der Waals surface area (Å²) in [6.07, 6.45) is 8.71. The quantitative estimate of drug-likeness (QED) is 0.598. The largest absolute Gasteiger partial charge is 0.393 e. The topological polar surface area (TPSA) is 122 Å². The number of nitrogens with one attached hydrogen (secondary N) is 2. The summed E-state index contributed by atoms with van der Waals surface area (Å²) in [5.74, 6) is 0.359. The summed E-state index contributed by atoms with van der Waals surface area (Å²) in [4.78, 5) is 20.6. The lowest BCUT2D eigenvalue weighted by molar-refractivity contribution is 0.0563. The molecule has 0 radical (unpaired) electrons. The summed E-state index contributed by atoms with van der Waals surface area (Å²) in [6, 6.07) is 0.0716. The second-order valence-corrected chi connectivity index (χ2v) is 8.10. The standard InChI is InChI=1S/C19H31N5O3/c1-19(8-6-14(27-2)7-9-19)24-18-21-11-15(16(20)26)17(23-18)22-12-4-3-5-13(25)10-12/h11-14,25H,3-10H2,1-2H3,(H2,20,26)(H2,21,22,23,24)/t12-,13-,14?,19?/m1/s1. The molecule has 8 nitrogen and oxygen atoms in total. The number of nitrogens with zero attached hydrogens (tertiary/aromatic N) is 2. The Kier molecular flexibility index (Phi) is 6.16. The first kappa shape index (κ1) is 19.8. The van der Waals surface area contributed by atoms with Gasteiger partial charge >= 0.3 is 0 Å². The van der Waals surface area contributed by atoms with Crippen molar-refractivity contribution in [3.8, 4) is 0 Å². The molecule has 0 aliphatic heterocycles. The third-order valence-electron chi connectivity index (χ3n) is 5.82. The maximum absolute atomic E-state index is 11.8. The maximum Gasteiger partial charge on any atom is 0.254 e. The van der Waals surface area contributed by atoms with Crippen LogP contribution in [0.15, 0.2) is 6.20 Å². The summed E-state index contributed by atoms with van der Waals surface area (Å²) in [5, 5.41) is 16.6. The fraction of sp³-hybridized carbons (Fsp3) is 0.737. The van der Waals surface area contributed by atoms with E-state index in [4.69, 9.17) is 10.5 Å². The number of hydrogen-bond donors (Lipinski definition) is 4. The average molecular weight is 377 g/mol. The van der Waals surface area contributed by atoms with Crippen molar-refractivity contribution in [1.29, 1.82) is 0 Å². The van der Waals surface area contributed by atoms with Gasteiger partial charge in [-0.2, -0.15) is 4.98 Å². The number of rotatable bonds is 6. The number of carbonyl (C=O) groups is 1. The molecule has 27 heavy (non-hydrogen) atoms. The first-order chi connectivity index (χ1) is 12.9. The van der Waals surface area contributed by atoms with Crippen molar-refractivity contribution in [2.24, 2.45) is 5.73 Å². The first-order valence-electron chi connectivity index (χ1n) is 9.81. The van der Waals surface area contributed by atoms with E-state index in [-0.39, 0.29) is 23.2 Å². The number of amides is 1. The second-order valence-electron chi connectivity index (χ2n) is 8.10. The van der Waals surface area contributed by atoms with Crippen LogP contribution in [0, 0.1) is 0 Å². The normalized spacial score (nSPS) is 31.3. The number of primary amides is 1. The highest BCUT2D eigenvalue weighted by Gasteiger charge is 2.32. The summed E-state index contributed by atoms with van der Waals surface area (Å²) < 4.78 is 5.45. The van der Waals surface area contributed by atoms with Gasteiger partial charge in [-0.05, 0) is 58.3 Å². The highest BCUT2D eigenvalue weighted by molar-refractivity contribution is 5.97. The minimum Gasteiger partial charge on any atom is -0.393 e. The fourth-order valence-corrected chi connectivity index (χ4v) is 4.08. The van der Waals surface area contributed by atoms with Crippen LogP contribution in [0.1, 0.15) is 68.6 Å². The monoisotopic (exact) mass is 377 g/mol. The number of aliphatic hydroxyl groups excluding tert-OH is 1. The molecule has 0 unspecified atom stereocenters. The predicted molar refractivity (Wildman–Crippen MR) is 104 cm³/mol. The SMILES string of the molecule is COC1CCC(C)(Nc2ncc(C(N)=O)c(N[C@@H]3CCC[C@@H](O)C3)n2)CC1. The molecule has 0 saturated heterocycles. The van der Waals surface area contributed by atoms with Gasteiger partial charge in [-0.1, -0.05) is 0 Å². The van der Waals surface area contributed by atoms with Gasteiger partial charge in [0.2, 0.25) is 5.95 Å². The molecule has 2 atom stereocenters. The van der Waals surface area contributed by atoms with Gasteiger partial charge in [-0.3, -0.25) is 4.79 Å². The number of nitrogens with two attached hydrogens (primary N) is 1. The molecule has 150 valence electrons. The highest BCUT2D eigenvalue weighted by Crippen LogP contribution is 2.32.